The van der Waals surface area contributed by atoms with E-state index < -0.39 is 0 Å². The monoisotopic (exact) mass is 556 g/mol. The van der Waals surface area contributed by atoms with Crippen LogP contribution in [0, 0.1) is 11.3 Å². The van der Waals surface area contributed by atoms with Crippen LogP contribution in [0.1, 0.15) is 38.5 Å². The van der Waals surface area contributed by atoms with Crippen LogP contribution in [-0.4, -0.2) is 65.1 Å². The van der Waals surface area contributed by atoms with Gasteiger partial charge in [-0.1, -0.05) is 12.8 Å². The molecule has 4 atom stereocenters. The smallest absolute Gasteiger partial charge is 0.191 e. The number of fused-ring (bicyclic) bond motifs is 2. The van der Waals surface area contributed by atoms with Crippen LogP contribution in [0.15, 0.2) is 23.2 Å². The summed E-state index contributed by atoms with van der Waals surface area (Å²) >= 11 is 0. The average molecular weight is 556 g/mol. The van der Waals surface area contributed by atoms with Crippen molar-refractivity contribution in [3.63, 3.8) is 0 Å². The highest BCUT2D eigenvalue weighted by Gasteiger charge is 2.65. The van der Waals surface area contributed by atoms with E-state index in [1.807, 2.05) is 13.1 Å². The Labute approximate surface area is 208 Å². The van der Waals surface area contributed by atoms with Gasteiger partial charge in [-0.2, -0.15) is 0 Å². The summed E-state index contributed by atoms with van der Waals surface area (Å²) in [6, 6.07) is 6.93. The molecule has 2 saturated carbocycles. The van der Waals surface area contributed by atoms with Gasteiger partial charge in [-0.15, -0.1) is 24.0 Å². The summed E-state index contributed by atoms with van der Waals surface area (Å²) in [5, 5.41) is 7.53. The SMILES string of the molecule is CN=C(NC1CCN(c2cc(OC)cc(OC)c2)C1)NC1C2CCOC2C12CCCC2.I. The van der Waals surface area contributed by atoms with E-state index in [4.69, 9.17) is 14.2 Å². The zero-order chi connectivity index (χ0) is 21.4. The minimum atomic E-state index is 0. The van der Waals surface area contributed by atoms with Gasteiger partial charge < -0.3 is 29.7 Å². The van der Waals surface area contributed by atoms with E-state index in [1.54, 1.807) is 14.2 Å². The predicted octanol–water partition coefficient (Wildman–Crippen LogP) is 3.41. The highest BCUT2D eigenvalue weighted by atomic mass is 127. The number of nitrogens with one attached hydrogen (secondary N) is 2. The maximum atomic E-state index is 6.14. The molecule has 2 saturated heterocycles. The van der Waals surface area contributed by atoms with Gasteiger partial charge in [0, 0.05) is 74.0 Å². The molecule has 4 unspecified atom stereocenters. The van der Waals surface area contributed by atoms with Gasteiger partial charge in [-0.3, -0.25) is 4.99 Å². The second kappa shape index (κ2) is 9.83. The molecule has 0 radical (unpaired) electrons. The molecule has 0 bridgehead atoms. The second-order valence-electron chi connectivity index (χ2n) is 9.53. The summed E-state index contributed by atoms with van der Waals surface area (Å²) in [6.07, 6.45) is 7.96. The Hall–Kier alpha value is -1.42. The summed E-state index contributed by atoms with van der Waals surface area (Å²) in [5.41, 5.74) is 1.47. The van der Waals surface area contributed by atoms with E-state index >= 15 is 0 Å². The van der Waals surface area contributed by atoms with Crippen molar-refractivity contribution in [1.29, 1.82) is 0 Å². The Kier molecular flexibility index (Phi) is 7.29. The quantitative estimate of drug-likeness (QED) is 0.329. The van der Waals surface area contributed by atoms with Gasteiger partial charge >= 0.3 is 0 Å². The van der Waals surface area contributed by atoms with Crippen molar-refractivity contribution in [3.8, 4) is 11.5 Å². The Morgan fingerprint density at radius 1 is 1.09 bits per heavy atom. The van der Waals surface area contributed by atoms with Gasteiger partial charge in [-0.05, 0) is 25.7 Å². The molecule has 5 rings (SSSR count). The number of nitrogens with zero attached hydrogens (tertiary/aromatic N) is 2. The lowest BCUT2D eigenvalue weighted by molar-refractivity contribution is -0.125. The van der Waals surface area contributed by atoms with Crippen molar-refractivity contribution < 1.29 is 14.2 Å². The Morgan fingerprint density at radius 2 is 1.81 bits per heavy atom. The second-order valence-corrected chi connectivity index (χ2v) is 9.53. The summed E-state index contributed by atoms with van der Waals surface area (Å²) in [4.78, 5) is 6.98. The summed E-state index contributed by atoms with van der Waals surface area (Å²) in [6.45, 7) is 2.85. The molecule has 1 spiro atoms. The van der Waals surface area contributed by atoms with E-state index in [1.165, 1.54) is 32.1 Å². The fourth-order valence-electron chi connectivity index (χ4n) is 6.50. The van der Waals surface area contributed by atoms with E-state index in [0.29, 0.717) is 29.5 Å². The van der Waals surface area contributed by atoms with Gasteiger partial charge in [0.15, 0.2) is 5.96 Å². The normalized spacial score (nSPS) is 30.5. The van der Waals surface area contributed by atoms with Crippen molar-refractivity contribution in [3.05, 3.63) is 18.2 Å². The highest BCUT2D eigenvalue weighted by Crippen LogP contribution is 2.60. The molecule has 178 valence electrons. The molecule has 0 aromatic heterocycles. The molecular weight excluding hydrogens is 519 g/mol. The van der Waals surface area contributed by atoms with Crippen LogP contribution in [0.5, 0.6) is 11.5 Å². The molecule has 2 aliphatic heterocycles. The van der Waals surface area contributed by atoms with Crippen molar-refractivity contribution >= 4 is 35.6 Å². The number of methoxy groups -OCH3 is 2. The third kappa shape index (κ3) is 4.13. The molecular formula is C24H37IN4O3. The van der Waals surface area contributed by atoms with E-state index in [0.717, 1.165) is 49.3 Å². The number of aliphatic imine (C=N–C) groups is 1. The van der Waals surface area contributed by atoms with Crippen molar-refractivity contribution in [1.82, 2.24) is 10.6 Å². The number of halogens is 1. The van der Waals surface area contributed by atoms with Crippen LogP contribution >= 0.6 is 24.0 Å². The number of benzene rings is 1. The Bertz CT molecular complexity index is 807. The van der Waals surface area contributed by atoms with Gasteiger partial charge in [0.2, 0.25) is 0 Å². The summed E-state index contributed by atoms with van der Waals surface area (Å²) in [7, 11) is 5.28. The molecule has 7 nitrogen and oxygen atoms in total. The highest BCUT2D eigenvalue weighted by molar-refractivity contribution is 14.0. The molecule has 2 heterocycles. The van der Waals surface area contributed by atoms with Crippen LogP contribution in [0.25, 0.3) is 0 Å². The fraction of sp³-hybridized carbons (Fsp3) is 0.708. The molecule has 1 aromatic rings. The maximum Gasteiger partial charge on any atom is 0.191 e. The van der Waals surface area contributed by atoms with Gasteiger partial charge in [0.1, 0.15) is 11.5 Å². The first-order chi connectivity index (χ1) is 15.2. The largest absolute Gasteiger partial charge is 0.497 e. The number of ether oxygens (including phenoxy) is 3. The number of guanidine groups is 1. The molecule has 2 N–H and O–H groups in total. The van der Waals surface area contributed by atoms with Crippen molar-refractivity contribution in [2.24, 2.45) is 16.3 Å². The first-order valence-corrected chi connectivity index (χ1v) is 11.8. The third-order valence-corrected chi connectivity index (χ3v) is 8.03. The maximum absolute atomic E-state index is 6.14. The molecule has 32 heavy (non-hydrogen) atoms. The first kappa shape index (κ1) is 23.7. The molecule has 2 aliphatic carbocycles. The summed E-state index contributed by atoms with van der Waals surface area (Å²) in [5.74, 6) is 3.23. The van der Waals surface area contributed by atoms with Crippen molar-refractivity contribution in [2.75, 3.05) is 45.9 Å². The third-order valence-electron chi connectivity index (χ3n) is 8.03. The average Bonchev–Trinajstić information content (AvgIpc) is 3.56. The lowest BCUT2D eigenvalue weighted by Gasteiger charge is -2.57. The Balaban J connectivity index is 0.00000245. The lowest BCUT2D eigenvalue weighted by atomic mass is 9.54. The van der Waals surface area contributed by atoms with E-state index in [-0.39, 0.29) is 24.0 Å². The number of hydrogen-bond acceptors (Lipinski definition) is 5. The van der Waals surface area contributed by atoms with Gasteiger partial charge in [0.25, 0.3) is 0 Å². The standard InChI is InChI=1S/C24H36N4O3.HI/c1-25-23(27-21-20-7-11-31-22(20)24(21)8-4-5-9-24)26-16-6-10-28(15-16)17-12-18(29-2)14-19(13-17)30-3;/h12-14,16,20-22H,4-11,15H2,1-3H3,(H2,25,26,27);1H. The zero-order valence-electron chi connectivity index (χ0n) is 19.4. The number of hydrogen-bond donors (Lipinski definition) is 2. The molecule has 0 amide bonds. The molecule has 4 fully saturated rings. The minimum Gasteiger partial charge on any atom is -0.497 e. The first-order valence-electron chi connectivity index (χ1n) is 11.8. The molecule has 8 heteroatoms. The van der Waals surface area contributed by atoms with Gasteiger partial charge in [0.05, 0.1) is 20.3 Å². The zero-order valence-corrected chi connectivity index (χ0v) is 21.8. The molecule has 4 aliphatic rings. The van der Waals surface area contributed by atoms with Crippen LogP contribution in [0.3, 0.4) is 0 Å². The number of anilines is 1. The Morgan fingerprint density at radius 3 is 2.47 bits per heavy atom. The fourth-order valence-corrected chi connectivity index (χ4v) is 6.50. The van der Waals surface area contributed by atoms with Crippen molar-refractivity contribution in [2.45, 2.75) is 56.7 Å². The summed E-state index contributed by atoms with van der Waals surface area (Å²) < 4.78 is 17.0. The lowest BCUT2D eigenvalue weighted by Crippen LogP contribution is -2.69. The topological polar surface area (TPSA) is 67.4 Å². The van der Waals surface area contributed by atoms with Crippen LogP contribution in [-0.2, 0) is 4.74 Å². The van der Waals surface area contributed by atoms with Crippen LogP contribution < -0.4 is 25.0 Å². The molecule has 1 aromatic carbocycles. The minimum absolute atomic E-state index is 0. The van der Waals surface area contributed by atoms with Crippen LogP contribution in [0.2, 0.25) is 0 Å². The van der Waals surface area contributed by atoms with Crippen LogP contribution in [0.4, 0.5) is 5.69 Å². The van der Waals surface area contributed by atoms with E-state index in [2.05, 4.69) is 32.7 Å². The predicted molar refractivity (Wildman–Crippen MR) is 138 cm³/mol. The number of rotatable bonds is 5. The van der Waals surface area contributed by atoms with Gasteiger partial charge in [-0.25, -0.2) is 0 Å². The van der Waals surface area contributed by atoms with E-state index in [9.17, 15) is 0 Å².